The molecule has 0 amide bonds. The van der Waals surface area contributed by atoms with Crippen molar-refractivity contribution in [2.75, 3.05) is 11.4 Å². The van der Waals surface area contributed by atoms with Crippen LogP contribution in [0, 0.1) is 13.8 Å². The zero-order chi connectivity index (χ0) is 20.3. The molecular weight excluding hydrogens is 382 g/mol. The van der Waals surface area contributed by atoms with Crippen molar-refractivity contribution < 1.29 is 22.4 Å². The number of esters is 1. The van der Waals surface area contributed by atoms with Crippen molar-refractivity contribution in [2.45, 2.75) is 25.3 Å². The van der Waals surface area contributed by atoms with Gasteiger partial charge in [0, 0.05) is 14.0 Å². The Morgan fingerprint density at radius 1 is 1.11 bits per heavy atom. The molecule has 3 aromatic rings. The second-order valence-electron chi connectivity index (χ2n) is 6.13. The van der Waals surface area contributed by atoms with Gasteiger partial charge in [0.05, 0.1) is 16.1 Å². The summed E-state index contributed by atoms with van der Waals surface area (Å²) in [5, 5.41) is 7.38. The monoisotopic (exact) mass is 401 g/mol. The maximum atomic E-state index is 12.9. The lowest BCUT2D eigenvalue weighted by atomic mass is 10.2. The van der Waals surface area contributed by atoms with Crippen molar-refractivity contribution in [2.24, 2.45) is 0 Å². The Balaban J connectivity index is 1.79. The summed E-state index contributed by atoms with van der Waals surface area (Å²) in [5.41, 5.74) is 1.65. The number of benzene rings is 2. The highest BCUT2D eigenvalue weighted by Gasteiger charge is 2.23. The van der Waals surface area contributed by atoms with Crippen LogP contribution in [-0.4, -0.2) is 31.6 Å². The molecule has 3 rings (SSSR count). The van der Waals surface area contributed by atoms with Gasteiger partial charge < -0.3 is 9.15 Å². The number of aryl methyl sites for hydroxylation is 2. The number of rotatable bonds is 6. The van der Waals surface area contributed by atoms with E-state index in [4.69, 9.17) is 9.15 Å². The number of aromatic nitrogens is 2. The summed E-state index contributed by atoms with van der Waals surface area (Å²) in [6.45, 7) is 3.35. The highest BCUT2D eigenvalue weighted by molar-refractivity contribution is 7.92. The van der Waals surface area contributed by atoms with Crippen molar-refractivity contribution in [3.63, 3.8) is 0 Å². The van der Waals surface area contributed by atoms with E-state index in [1.54, 1.807) is 19.1 Å². The van der Waals surface area contributed by atoms with E-state index in [2.05, 4.69) is 10.2 Å². The van der Waals surface area contributed by atoms with E-state index < -0.39 is 16.0 Å². The molecule has 146 valence electrons. The van der Waals surface area contributed by atoms with Gasteiger partial charge in [-0.1, -0.05) is 23.8 Å². The first-order valence-electron chi connectivity index (χ1n) is 8.39. The first-order chi connectivity index (χ1) is 13.3. The van der Waals surface area contributed by atoms with Crippen molar-refractivity contribution >= 4 is 21.7 Å². The van der Waals surface area contributed by atoms with Crippen molar-refractivity contribution in [3.8, 4) is 0 Å². The van der Waals surface area contributed by atoms with Gasteiger partial charge in [-0.05, 0) is 37.3 Å². The number of carbonyl (C=O) groups excluding carboxylic acids is 1. The second kappa shape index (κ2) is 7.81. The number of ether oxygens (including phenoxy) is 1. The summed E-state index contributed by atoms with van der Waals surface area (Å²) >= 11 is 0. The third kappa shape index (κ3) is 4.20. The lowest BCUT2D eigenvalue weighted by Crippen LogP contribution is -2.26. The molecule has 1 aromatic heterocycles. The van der Waals surface area contributed by atoms with Gasteiger partial charge in [0.25, 0.3) is 15.9 Å². The Labute approximate surface area is 162 Å². The number of sulfonamides is 1. The molecule has 0 saturated heterocycles. The van der Waals surface area contributed by atoms with Crippen molar-refractivity contribution in [3.05, 3.63) is 71.4 Å². The predicted octanol–water partition coefficient (Wildman–Crippen LogP) is 2.87. The van der Waals surface area contributed by atoms with Gasteiger partial charge in [0.1, 0.15) is 0 Å². The standard InChI is InChI=1S/C19H19N3O5S/c1-13-7-9-16(10-8-13)22(3)28(24,25)17-6-4-5-15(11-17)19(23)26-12-18-21-20-14(2)27-18/h4-11H,12H2,1-3H3. The molecule has 0 fully saturated rings. The van der Waals surface area contributed by atoms with E-state index in [0.29, 0.717) is 11.6 Å². The summed E-state index contributed by atoms with van der Waals surface area (Å²) in [5.74, 6) is -0.169. The van der Waals surface area contributed by atoms with Crippen LogP contribution in [0.1, 0.15) is 27.7 Å². The molecule has 0 aliphatic heterocycles. The summed E-state index contributed by atoms with van der Waals surface area (Å²) in [7, 11) is -2.38. The molecule has 0 aliphatic carbocycles. The van der Waals surface area contributed by atoms with Gasteiger partial charge in [0.2, 0.25) is 5.89 Å². The summed E-state index contributed by atoms with van der Waals surface area (Å²) in [4.78, 5) is 12.2. The Hall–Kier alpha value is -3.20. The molecule has 0 spiro atoms. The van der Waals surface area contributed by atoms with Crippen LogP contribution in [0.3, 0.4) is 0 Å². The van der Waals surface area contributed by atoms with Gasteiger partial charge in [-0.15, -0.1) is 10.2 Å². The SMILES string of the molecule is Cc1ccc(N(C)S(=O)(=O)c2cccc(C(=O)OCc3nnc(C)o3)c2)cc1. The molecule has 8 nitrogen and oxygen atoms in total. The van der Waals surface area contributed by atoms with Crippen LogP contribution in [0.5, 0.6) is 0 Å². The number of anilines is 1. The summed E-state index contributed by atoms with van der Waals surface area (Å²) in [6.07, 6.45) is 0. The average Bonchev–Trinajstić information content (AvgIpc) is 3.11. The average molecular weight is 401 g/mol. The normalized spacial score (nSPS) is 11.2. The van der Waals surface area contributed by atoms with Crippen LogP contribution >= 0.6 is 0 Å². The predicted molar refractivity (Wildman–Crippen MR) is 101 cm³/mol. The summed E-state index contributed by atoms with van der Waals surface area (Å²) in [6, 6.07) is 12.8. The third-order valence-corrected chi connectivity index (χ3v) is 5.80. The minimum absolute atomic E-state index is 0.0151. The number of hydrogen-bond acceptors (Lipinski definition) is 7. The summed E-state index contributed by atoms with van der Waals surface area (Å²) < 4.78 is 37.2. The molecule has 0 N–H and O–H groups in total. The Morgan fingerprint density at radius 2 is 1.82 bits per heavy atom. The molecule has 1 heterocycles. The molecule has 28 heavy (non-hydrogen) atoms. The zero-order valence-corrected chi connectivity index (χ0v) is 16.4. The maximum Gasteiger partial charge on any atom is 0.338 e. The minimum atomic E-state index is -3.84. The van der Waals surface area contributed by atoms with Gasteiger partial charge in [-0.25, -0.2) is 13.2 Å². The van der Waals surface area contributed by atoms with Crippen LogP contribution in [0.25, 0.3) is 0 Å². The van der Waals surface area contributed by atoms with Crippen LogP contribution in [0.15, 0.2) is 57.8 Å². The maximum absolute atomic E-state index is 12.9. The van der Waals surface area contributed by atoms with Gasteiger partial charge in [-0.2, -0.15) is 0 Å². The van der Waals surface area contributed by atoms with E-state index in [9.17, 15) is 13.2 Å². The molecule has 0 unspecified atom stereocenters. The first kappa shape index (κ1) is 19.6. The van der Waals surface area contributed by atoms with E-state index >= 15 is 0 Å². The van der Waals surface area contributed by atoms with Gasteiger partial charge >= 0.3 is 5.97 Å². The molecular formula is C19H19N3O5S. The molecule has 0 atom stereocenters. The fraction of sp³-hybridized carbons (Fsp3) is 0.211. The quantitative estimate of drug-likeness (QED) is 0.585. The Kier molecular flexibility index (Phi) is 5.46. The number of hydrogen-bond donors (Lipinski definition) is 0. The van der Waals surface area contributed by atoms with Crippen molar-refractivity contribution in [1.29, 1.82) is 0 Å². The molecule has 0 saturated carbocycles. The fourth-order valence-corrected chi connectivity index (χ4v) is 3.68. The lowest BCUT2D eigenvalue weighted by Gasteiger charge is -2.20. The number of nitrogens with zero attached hydrogens (tertiary/aromatic N) is 3. The Bertz CT molecular complexity index is 1090. The topological polar surface area (TPSA) is 103 Å². The fourth-order valence-electron chi connectivity index (χ4n) is 2.44. The highest BCUT2D eigenvalue weighted by Crippen LogP contribution is 2.23. The van der Waals surface area contributed by atoms with Crippen molar-refractivity contribution in [1.82, 2.24) is 10.2 Å². The molecule has 2 aromatic carbocycles. The van der Waals surface area contributed by atoms with Gasteiger partial charge in [0.15, 0.2) is 6.61 Å². The largest absolute Gasteiger partial charge is 0.452 e. The van der Waals surface area contributed by atoms with E-state index in [-0.39, 0.29) is 23.0 Å². The van der Waals surface area contributed by atoms with Crippen LogP contribution in [0.4, 0.5) is 5.69 Å². The third-order valence-electron chi connectivity index (χ3n) is 4.02. The van der Waals surface area contributed by atoms with E-state index in [1.807, 2.05) is 19.1 Å². The molecule has 0 aliphatic rings. The highest BCUT2D eigenvalue weighted by atomic mass is 32.2. The Morgan fingerprint density at radius 3 is 2.46 bits per heavy atom. The van der Waals surface area contributed by atoms with Crippen LogP contribution < -0.4 is 4.31 Å². The smallest absolute Gasteiger partial charge is 0.338 e. The van der Waals surface area contributed by atoms with E-state index in [1.165, 1.54) is 31.3 Å². The van der Waals surface area contributed by atoms with Crippen LogP contribution in [0.2, 0.25) is 0 Å². The molecule has 0 bridgehead atoms. The number of carbonyl (C=O) groups is 1. The van der Waals surface area contributed by atoms with E-state index in [0.717, 1.165) is 9.87 Å². The van der Waals surface area contributed by atoms with Gasteiger partial charge in [-0.3, -0.25) is 4.31 Å². The molecule has 0 radical (unpaired) electrons. The molecule has 9 heteroatoms. The zero-order valence-electron chi connectivity index (χ0n) is 15.6. The first-order valence-corrected chi connectivity index (χ1v) is 9.83. The second-order valence-corrected chi connectivity index (χ2v) is 8.10. The van der Waals surface area contributed by atoms with Crippen LogP contribution in [-0.2, 0) is 21.4 Å². The lowest BCUT2D eigenvalue weighted by molar-refractivity contribution is 0.0436. The minimum Gasteiger partial charge on any atom is -0.452 e.